The number of amides is 1. The average Bonchev–Trinajstić information content (AvgIpc) is 2.88. The highest BCUT2D eigenvalue weighted by Crippen LogP contribution is 2.07. The number of aromatic nitrogens is 3. The van der Waals surface area contributed by atoms with E-state index < -0.39 is 5.97 Å². The molecule has 2 rings (SSSR count). The minimum Gasteiger partial charge on any atom is -0.478 e. The van der Waals surface area contributed by atoms with Gasteiger partial charge < -0.3 is 15.4 Å². The van der Waals surface area contributed by atoms with Gasteiger partial charge in [0.1, 0.15) is 11.5 Å². The fourth-order valence-corrected chi connectivity index (χ4v) is 1.56. The number of carboxylic acid groups (broad SMARTS) is 1. The van der Waals surface area contributed by atoms with Crippen molar-refractivity contribution < 1.29 is 14.7 Å². The number of pyridine rings is 1. The van der Waals surface area contributed by atoms with E-state index in [0.29, 0.717) is 11.5 Å². The molecule has 0 aliphatic rings. The molecule has 0 atom stereocenters. The summed E-state index contributed by atoms with van der Waals surface area (Å²) in [6, 6.07) is 2.75. The molecule has 0 aliphatic heterocycles. The Hall–Kier alpha value is -2.70. The summed E-state index contributed by atoms with van der Waals surface area (Å²) >= 11 is 0. The van der Waals surface area contributed by atoms with Crippen molar-refractivity contribution in [1.82, 2.24) is 20.3 Å². The zero-order valence-corrected chi connectivity index (χ0v) is 10.2. The van der Waals surface area contributed by atoms with Crippen LogP contribution in [0.5, 0.6) is 0 Å². The highest BCUT2D eigenvalue weighted by molar-refractivity contribution is 5.94. The lowest BCUT2D eigenvalue weighted by Gasteiger charge is -2.05. The Labute approximate surface area is 108 Å². The number of nitrogens with one attached hydrogen (secondary N) is 2. The molecule has 98 valence electrons. The number of rotatable bonds is 4. The van der Waals surface area contributed by atoms with E-state index in [1.807, 2.05) is 0 Å². The van der Waals surface area contributed by atoms with Crippen molar-refractivity contribution in [3.05, 3.63) is 47.3 Å². The van der Waals surface area contributed by atoms with Crippen LogP contribution in [0, 0.1) is 6.92 Å². The van der Waals surface area contributed by atoms with E-state index in [1.54, 1.807) is 19.3 Å². The highest BCUT2D eigenvalue weighted by atomic mass is 16.4. The van der Waals surface area contributed by atoms with Gasteiger partial charge in [-0.05, 0) is 19.1 Å². The third-order valence-corrected chi connectivity index (χ3v) is 2.52. The van der Waals surface area contributed by atoms with Crippen molar-refractivity contribution in [3.63, 3.8) is 0 Å². The van der Waals surface area contributed by atoms with E-state index in [1.165, 1.54) is 12.1 Å². The topological polar surface area (TPSA) is 108 Å². The molecule has 7 nitrogen and oxygen atoms in total. The van der Waals surface area contributed by atoms with Crippen LogP contribution < -0.4 is 5.32 Å². The standard InChI is InChI=1S/C12H12N4O3/c1-7-8(12(18)19)2-3-9(16-7)11(17)15-6-10-13-4-5-14-10/h2-5H,6H2,1H3,(H,13,14)(H,15,17)(H,18,19). The summed E-state index contributed by atoms with van der Waals surface area (Å²) < 4.78 is 0. The van der Waals surface area contributed by atoms with E-state index in [-0.39, 0.29) is 23.7 Å². The predicted molar refractivity (Wildman–Crippen MR) is 65.7 cm³/mol. The van der Waals surface area contributed by atoms with Crippen LogP contribution in [0.2, 0.25) is 0 Å². The van der Waals surface area contributed by atoms with E-state index in [4.69, 9.17) is 5.11 Å². The molecule has 0 unspecified atom stereocenters. The summed E-state index contributed by atoms with van der Waals surface area (Å²) in [5, 5.41) is 11.5. The van der Waals surface area contributed by atoms with Crippen LogP contribution in [-0.4, -0.2) is 31.9 Å². The minimum atomic E-state index is -1.06. The number of aromatic amines is 1. The number of nitrogens with zero attached hydrogens (tertiary/aromatic N) is 2. The van der Waals surface area contributed by atoms with Crippen LogP contribution in [-0.2, 0) is 6.54 Å². The van der Waals surface area contributed by atoms with Gasteiger partial charge in [-0.1, -0.05) is 0 Å². The summed E-state index contributed by atoms with van der Waals surface area (Å²) in [4.78, 5) is 33.4. The molecule has 2 aromatic rings. The Balaban J connectivity index is 2.07. The third-order valence-electron chi connectivity index (χ3n) is 2.52. The van der Waals surface area contributed by atoms with Gasteiger partial charge in [0.05, 0.1) is 17.8 Å². The summed E-state index contributed by atoms with van der Waals surface area (Å²) in [5.74, 6) is -0.809. The van der Waals surface area contributed by atoms with Gasteiger partial charge in [-0.25, -0.2) is 14.8 Å². The molecule has 7 heteroatoms. The molecule has 0 spiro atoms. The summed E-state index contributed by atoms with van der Waals surface area (Å²) in [6.07, 6.45) is 3.25. The van der Waals surface area contributed by atoms with Gasteiger partial charge in [-0.3, -0.25) is 4.79 Å². The molecule has 2 aromatic heterocycles. The molecule has 1 amide bonds. The van der Waals surface area contributed by atoms with Crippen molar-refractivity contribution >= 4 is 11.9 Å². The van der Waals surface area contributed by atoms with Crippen molar-refractivity contribution in [2.24, 2.45) is 0 Å². The molecule has 0 saturated carbocycles. The first kappa shape index (κ1) is 12.7. The number of hydrogen-bond acceptors (Lipinski definition) is 4. The Morgan fingerprint density at radius 3 is 2.79 bits per heavy atom. The van der Waals surface area contributed by atoms with Gasteiger partial charge in [-0.2, -0.15) is 0 Å². The van der Waals surface area contributed by atoms with Crippen LogP contribution in [0.3, 0.4) is 0 Å². The van der Waals surface area contributed by atoms with Crippen LogP contribution >= 0.6 is 0 Å². The number of carbonyl (C=O) groups excluding carboxylic acids is 1. The number of H-pyrrole nitrogens is 1. The van der Waals surface area contributed by atoms with Crippen LogP contribution in [0.4, 0.5) is 0 Å². The Kier molecular flexibility index (Phi) is 3.56. The predicted octanol–water partition coefficient (Wildman–Crippen LogP) is 0.741. The SMILES string of the molecule is Cc1nc(C(=O)NCc2ncc[nH]2)ccc1C(=O)O. The maximum Gasteiger partial charge on any atom is 0.337 e. The third kappa shape index (κ3) is 2.95. The van der Waals surface area contributed by atoms with Crippen molar-refractivity contribution in [2.75, 3.05) is 0 Å². The molecule has 0 aromatic carbocycles. The lowest BCUT2D eigenvalue weighted by Crippen LogP contribution is -2.24. The van der Waals surface area contributed by atoms with Gasteiger partial charge in [0.25, 0.3) is 5.91 Å². The second-order valence-corrected chi connectivity index (χ2v) is 3.85. The fraction of sp³-hybridized carbons (Fsp3) is 0.167. The van der Waals surface area contributed by atoms with Crippen LogP contribution in [0.15, 0.2) is 24.5 Å². The Bertz CT molecular complexity index is 607. The van der Waals surface area contributed by atoms with E-state index in [9.17, 15) is 9.59 Å². The fourth-order valence-electron chi connectivity index (χ4n) is 1.56. The number of hydrogen-bond donors (Lipinski definition) is 3. The first-order valence-corrected chi connectivity index (χ1v) is 5.55. The van der Waals surface area contributed by atoms with E-state index in [0.717, 1.165) is 0 Å². The second kappa shape index (κ2) is 5.30. The maximum absolute atomic E-state index is 11.8. The van der Waals surface area contributed by atoms with Gasteiger partial charge in [0.15, 0.2) is 0 Å². The number of aromatic carboxylic acids is 1. The van der Waals surface area contributed by atoms with Crippen molar-refractivity contribution in [3.8, 4) is 0 Å². The number of carboxylic acids is 1. The van der Waals surface area contributed by atoms with Crippen LogP contribution in [0.25, 0.3) is 0 Å². The first-order valence-electron chi connectivity index (χ1n) is 5.55. The molecule has 0 bridgehead atoms. The molecule has 0 saturated heterocycles. The number of aryl methyl sites for hydroxylation is 1. The monoisotopic (exact) mass is 260 g/mol. The normalized spacial score (nSPS) is 10.2. The molecule has 19 heavy (non-hydrogen) atoms. The van der Waals surface area contributed by atoms with Crippen LogP contribution in [0.1, 0.15) is 32.4 Å². The zero-order valence-electron chi connectivity index (χ0n) is 10.2. The summed E-state index contributed by atoms with van der Waals surface area (Å²) in [5.41, 5.74) is 0.565. The Morgan fingerprint density at radius 2 is 2.21 bits per heavy atom. The van der Waals surface area contributed by atoms with Gasteiger partial charge in [0.2, 0.25) is 0 Å². The first-order chi connectivity index (χ1) is 9.08. The highest BCUT2D eigenvalue weighted by Gasteiger charge is 2.12. The smallest absolute Gasteiger partial charge is 0.337 e. The molecule has 0 radical (unpaired) electrons. The quantitative estimate of drug-likeness (QED) is 0.751. The van der Waals surface area contributed by atoms with Crippen molar-refractivity contribution in [2.45, 2.75) is 13.5 Å². The Morgan fingerprint density at radius 1 is 1.42 bits per heavy atom. The molecule has 2 heterocycles. The summed E-state index contributed by atoms with van der Waals surface area (Å²) in [6.45, 7) is 1.81. The zero-order chi connectivity index (χ0) is 13.8. The van der Waals surface area contributed by atoms with E-state index in [2.05, 4.69) is 20.3 Å². The number of imidazole rings is 1. The van der Waals surface area contributed by atoms with Gasteiger partial charge >= 0.3 is 5.97 Å². The van der Waals surface area contributed by atoms with Gasteiger partial charge in [0, 0.05) is 12.4 Å². The lowest BCUT2D eigenvalue weighted by molar-refractivity contribution is 0.0694. The largest absolute Gasteiger partial charge is 0.478 e. The maximum atomic E-state index is 11.8. The molecular weight excluding hydrogens is 248 g/mol. The van der Waals surface area contributed by atoms with Crippen molar-refractivity contribution in [1.29, 1.82) is 0 Å². The minimum absolute atomic E-state index is 0.0857. The second-order valence-electron chi connectivity index (χ2n) is 3.85. The lowest BCUT2D eigenvalue weighted by atomic mass is 10.2. The molecule has 3 N–H and O–H groups in total. The van der Waals surface area contributed by atoms with E-state index >= 15 is 0 Å². The summed E-state index contributed by atoms with van der Waals surface area (Å²) in [7, 11) is 0. The van der Waals surface area contributed by atoms with Gasteiger partial charge in [-0.15, -0.1) is 0 Å². The average molecular weight is 260 g/mol. The number of carbonyl (C=O) groups is 2. The molecule has 0 aliphatic carbocycles. The molecule has 0 fully saturated rings. The molecular formula is C12H12N4O3.